The van der Waals surface area contributed by atoms with Crippen molar-refractivity contribution in [2.24, 2.45) is 0 Å². The highest BCUT2D eigenvalue weighted by Crippen LogP contribution is 2.29. The normalized spacial score (nSPS) is 16.8. The average molecular weight is 270 g/mol. The van der Waals surface area contributed by atoms with Crippen molar-refractivity contribution in [3.8, 4) is 0 Å². The summed E-state index contributed by atoms with van der Waals surface area (Å²) in [6.45, 7) is 0.379. The van der Waals surface area contributed by atoms with Crippen molar-refractivity contribution >= 4 is 10.0 Å². The van der Waals surface area contributed by atoms with E-state index in [1.807, 2.05) is 0 Å². The molecule has 1 aromatic rings. The van der Waals surface area contributed by atoms with Crippen molar-refractivity contribution < 1.29 is 13.5 Å². The fourth-order valence-electron chi connectivity index (χ4n) is 2.04. The van der Waals surface area contributed by atoms with Crippen LogP contribution in [0.15, 0.2) is 29.4 Å². The van der Waals surface area contributed by atoms with Crippen LogP contribution in [0.4, 0.5) is 0 Å². The van der Waals surface area contributed by atoms with Gasteiger partial charge >= 0.3 is 0 Å². The predicted molar refractivity (Wildman–Crippen MR) is 67.5 cm³/mol. The molecule has 0 saturated heterocycles. The summed E-state index contributed by atoms with van der Waals surface area (Å²) in [7, 11) is -3.47. The summed E-state index contributed by atoms with van der Waals surface area (Å²) in [6, 6.07) is 3.27. The number of sulfonamides is 1. The molecule has 1 N–H and O–H groups in total. The first-order valence-electron chi connectivity index (χ1n) is 6.19. The molecule has 0 radical (unpaired) electrons. The monoisotopic (exact) mass is 270 g/mol. The topological polar surface area (TPSA) is 70.5 Å². The van der Waals surface area contributed by atoms with E-state index < -0.39 is 10.0 Å². The minimum absolute atomic E-state index is 0.00573. The molecular weight excluding hydrogens is 252 g/mol. The Morgan fingerprint density at radius 3 is 2.72 bits per heavy atom. The van der Waals surface area contributed by atoms with E-state index in [2.05, 4.69) is 4.98 Å². The van der Waals surface area contributed by atoms with Crippen LogP contribution in [0, 0.1) is 0 Å². The number of aromatic nitrogens is 1. The van der Waals surface area contributed by atoms with Gasteiger partial charge in [0.15, 0.2) is 0 Å². The van der Waals surface area contributed by atoms with Crippen molar-refractivity contribution in [3.05, 3.63) is 24.5 Å². The Labute approximate surface area is 108 Å². The van der Waals surface area contributed by atoms with Gasteiger partial charge in [0.05, 0.1) is 0 Å². The second-order valence-corrected chi connectivity index (χ2v) is 6.36. The fraction of sp³-hybridized carbons (Fsp3) is 0.583. The third-order valence-corrected chi connectivity index (χ3v) is 5.19. The zero-order valence-corrected chi connectivity index (χ0v) is 11.0. The molecule has 0 aromatic carbocycles. The average Bonchev–Trinajstić information content (AvgIpc) is 2.33. The van der Waals surface area contributed by atoms with Crippen molar-refractivity contribution in [1.29, 1.82) is 0 Å². The van der Waals surface area contributed by atoms with E-state index >= 15 is 0 Å². The number of rotatable bonds is 6. The fourth-order valence-corrected chi connectivity index (χ4v) is 3.72. The van der Waals surface area contributed by atoms with Crippen LogP contribution in [-0.2, 0) is 10.0 Å². The number of aliphatic hydroxyl groups is 1. The molecule has 1 heterocycles. The van der Waals surface area contributed by atoms with Crippen LogP contribution in [-0.4, -0.2) is 42.0 Å². The molecule has 5 nitrogen and oxygen atoms in total. The van der Waals surface area contributed by atoms with Gasteiger partial charge in [-0.05, 0) is 31.4 Å². The van der Waals surface area contributed by atoms with Gasteiger partial charge in [0.2, 0.25) is 10.0 Å². The highest BCUT2D eigenvalue weighted by molar-refractivity contribution is 7.89. The maximum Gasteiger partial charge on any atom is 0.244 e. The van der Waals surface area contributed by atoms with Crippen LogP contribution < -0.4 is 0 Å². The maximum atomic E-state index is 12.5. The molecule has 100 valence electrons. The van der Waals surface area contributed by atoms with Gasteiger partial charge in [0.1, 0.15) is 4.90 Å². The molecule has 0 amide bonds. The van der Waals surface area contributed by atoms with Crippen molar-refractivity contribution in [1.82, 2.24) is 9.29 Å². The van der Waals surface area contributed by atoms with E-state index in [-0.39, 0.29) is 17.5 Å². The lowest BCUT2D eigenvalue weighted by Crippen LogP contribution is -2.44. The summed E-state index contributed by atoms with van der Waals surface area (Å²) in [5.74, 6) is 0. The van der Waals surface area contributed by atoms with E-state index in [4.69, 9.17) is 5.11 Å². The zero-order chi connectivity index (χ0) is 13.0. The highest BCUT2D eigenvalue weighted by Gasteiger charge is 2.34. The summed E-state index contributed by atoms with van der Waals surface area (Å²) in [5.41, 5.74) is 0. The molecule has 18 heavy (non-hydrogen) atoms. The van der Waals surface area contributed by atoms with Gasteiger partial charge in [-0.25, -0.2) is 8.42 Å². The van der Waals surface area contributed by atoms with E-state index in [1.54, 1.807) is 18.3 Å². The van der Waals surface area contributed by atoms with Crippen LogP contribution in [0.3, 0.4) is 0 Å². The van der Waals surface area contributed by atoms with E-state index in [0.29, 0.717) is 13.0 Å². The molecule has 1 aliphatic rings. The maximum absolute atomic E-state index is 12.5. The molecular formula is C12H18N2O3S. The Bertz CT molecular complexity index is 471. The molecule has 1 aromatic heterocycles. The Morgan fingerprint density at radius 1 is 1.44 bits per heavy atom. The molecule has 0 bridgehead atoms. The van der Waals surface area contributed by atoms with Crippen molar-refractivity contribution in [2.45, 2.75) is 36.6 Å². The second kappa shape index (κ2) is 5.77. The van der Waals surface area contributed by atoms with Crippen LogP contribution in [0.1, 0.15) is 25.7 Å². The predicted octanol–water partition coefficient (Wildman–Crippen LogP) is 1.01. The minimum Gasteiger partial charge on any atom is -0.396 e. The third-order valence-electron chi connectivity index (χ3n) is 3.26. The molecule has 0 atom stereocenters. The minimum atomic E-state index is -3.47. The van der Waals surface area contributed by atoms with Gasteiger partial charge in [0, 0.05) is 31.6 Å². The number of hydrogen-bond acceptors (Lipinski definition) is 4. The lowest BCUT2D eigenvalue weighted by Gasteiger charge is -2.36. The molecule has 1 fully saturated rings. The summed E-state index contributed by atoms with van der Waals surface area (Å²) < 4.78 is 26.5. The quantitative estimate of drug-likeness (QED) is 0.837. The SMILES string of the molecule is O=S(=O)(c1cccnc1)N(CCCO)C1CCC1. The summed E-state index contributed by atoms with van der Waals surface area (Å²) >= 11 is 0. The standard InChI is InChI=1S/C12H18N2O3S/c15-9-3-8-14(11-4-1-5-11)18(16,17)12-6-2-7-13-10-12/h2,6-7,10-11,15H,1,3-5,8-9H2. The highest BCUT2D eigenvalue weighted by atomic mass is 32.2. The summed E-state index contributed by atoms with van der Waals surface area (Å²) in [6.07, 6.45) is 6.29. The third kappa shape index (κ3) is 2.71. The van der Waals surface area contributed by atoms with E-state index in [0.717, 1.165) is 19.3 Å². The Kier molecular flexibility index (Phi) is 4.31. The van der Waals surface area contributed by atoms with E-state index in [1.165, 1.54) is 10.5 Å². The smallest absolute Gasteiger partial charge is 0.244 e. The van der Waals surface area contributed by atoms with Gasteiger partial charge in [-0.2, -0.15) is 4.31 Å². The van der Waals surface area contributed by atoms with Crippen molar-refractivity contribution in [3.63, 3.8) is 0 Å². The molecule has 0 unspecified atom stereocenters. The summed E-state index contributed by atoms with van der Waals surface area (Å²) in [5, 5.41) is 8.89. The lowest BCUT2D eigenvalue weighted by atomic mass is 9.93. The Hall–Kier alpha value is -0.980. The molecule has 6 heteroatoms. The first kappa shape index (κ1) is 13.5. The largest absolute Gasteiger partial charge is 0.396 e. The molecule has 0 aliphatic heterocycles. The van der Waals surface area contributed by atoms with Crippen LogP contribution in [0.2, 0.25) is 0 Å². The van der Waals surface area contributed by atoms with Crippen LogP contribution in [0.5, 0.6) is 0 Å². The first-order chi connectivity index (χ1) is 8.66. The molecule has 2 rings (SSSR count). The van der Waals surface area contributed by atoms with Gasteiger partial charge < -0.3 is 5.11 Å². The van der Waals surface area contributed by atoms with Gasteiger partial charge in [0.25, 0.3) is 0 Å². The number of hydrogen-bond donors (Lipinski definition) is 1. The Balaban J connectivity index is 2.23. The van der Waals surface area contributed by atoms with Gasteiger partial charge in [-0.15, -0.1) is 0 Å². The molecule has 1 aliphatic carbocycles. The van der Waals surface area contributed by atoms with Crippen molar-refractivity contribution in [2.75, 3.05) is 13.2 Å². The van der Waals surface area contributed by atoms with E-state index in [9.17, 15) is 8.42 Å². The van der Waals surface area contributed by atoms with Gasteiger partial charge in [-0.1, -0.05) is 6.42 Å². The number of aliphatic hydroxyl groups excluding tert-OH is 1. The molecule has 1 saturated carbocycles. The van der Waals surface area contributed by atoms with Crippen LogP contribution in [0.25, 0.3) is 0 Å². The number of nitrogens with zero attached hydrogens (tertiary/aromatic N) is 2. The first-order valence-corrected chi connectivity index (χ1v) is 7.63. The summed E-state index contributed by atoms with van der Waals surface area (Å²) in [4.78, 5) is 4.09. The lowest BCUT2D eigenvalue weighted by molar-refractivity contribution is 0.198. The Morgan fingerprint density at radius 2 is 2.22 bits per heavy atom. The number of pyridine rings is 1. The second-order valence-electron chi connectivity index (χ2n) is 4.47. The zero-order valence-electron chi connectivity index (χ0n) is 10.2. The van der Waals surface area contributed by atoms with Crippen LogP contribution >= 0.6 is 0 Å². The van der Waals surface area contributed by atoms with Gasteiger partial charge in [-0.3, -0.25) is 4.98 Å². The molecule has 0 spiro atoms.